The molecule has 0 aromatic carbocycles. The molecule has 7 nitrogen and oxygen atoms in total. The molecule has 1 aliphatic rings. The minimum absolute atomic E-state index is 0.253. The van der Waals surface area contributed by atoms with Crippen molar-refractivity contribution in [3.63, 3.8) is 0 Å². The molecule has 1 fully saturated rings. The van der Waals surface area contributed by atoms with E-state index < -0.39 is 0 Å². The second-order valence-corrected chi connectivity index (χ2v) is 5.41. The van der Waals surface area contributed by atoms with Crippen LogP contribution >= 0.6 is 0 Å². The van der Waals surface area contributed by atoms with Crippen molar-refractivity contribution in [3.8, 4) is 0 Å². The lowest BCUT2D eigenvalue weighted by atomic mass is 9.90. The minimum atomic E-state index is -0.253. The molecule has 0 unspecified atom stereocenters. The summed E-state index contributed by atoms with van der Waals surface area (Å²) in [7, 11) is 4.09. The molecule has 0 spiro atoms. The highest BCUT2D eigenvalue weighted by molar-refractivity contribution is 5.50. The third-order valence-electron chi connectivity index (χ3n) is 4.31. The highest BCUT2D eigenvalue weighted by Crippen LogP contribution is 2.25. The number of fused-ring (bicyclic) bond motifs is 1. The number of hydrogen-bond donors (Lipinski definition) is 2. The number of aromatic nitrogens is 4. The number of rotatable bonds is 3. The summed E-state index contributed by atoms with van der Waals surface area (Å²) in [5.41, 5.74) is 0.354. The standard InChI is InChI=1S/C13H20N6O/c1-14-9-3-5-10(6-4-9)18(2)11-7-12-16-17-13(20)19(12)8-15-11/h7-10,14H,3-6H2,1-2H3,(H,17,20). The van der Waals surface area contributed by atoms with Gasteiger partial charge in [-0.1, -0.05) is 0 Å². The molecule has 2 aromatic heterocycles. The van der Waals surface area contributed by atoms with Gasteiger partial charge in [0.1, 0.15) is 12.1 Å². The molecule has 20 heavy (non-hydrogen) atoms. The van der Waals surface area contributed by atoms with Crippen molar-refractivity contribution in [2.24, 2.45) is 0 Å². The largest absolute Gasteiger partial charge is 0.357 e. The van der Waals surface area contributed by atoms with Crippen LogP contribution in [0.3, 0.4) is 0 Å². The predicted molar refractivity (Wildman–Crippen MR) is 77.1 cm³/mol. The van der Waals surface area contributed by atoms with Crippen LogP contribution in [0.15, 0.2) is 17.2 Å². The molecule has 0 amide bonds. The molecule has 2 heterocycles. The van der Waals surface area contributed by atoms with Crippen LogP contribution in [0.2, 0.25) is 0 Å². The summed E-state index contributed by atoms with van der Waals surface area (Å²) in [5.74, 6) is 0.865. The van der Waals surface area contributed by atoms with Gasteiger partial charge in [-0.3, -0.25) is 0 Å². The Bertz CT molecular complexity index is 640. The second kappa shape index (κ2) is 5.24. The van der Waals surface area contributed by atoms with Gasteiger partial charge in [0.2, 0.25) is 0 Å². The fraction of sp³-hybridized carbons (Fsp3) is 0.615. The molecule has 1 saturated carbocycles. The lowest BCUT2D eigenvalue weighted by molar-refractivity contribution is 0.350. The summed E-state index contributed by atoms with van der Waals surface area (Å²) in [4.78, 5) is 18.0. The van der Waals surface area contributed by atoms with Gasteiger partial charge in [-0.2, -0.15) is 5.10 Å². The molecule has 0 saturated heterocycles. The Morgan fingerprint density at radius 2 is 2.15 bits per heavy atom. The number of H-pyrrole nitrogens is 1. The molecule has 1 aliphatic carbocycles. The first kappa shape index (κ1) is 13.1. The van der Waals surface area contributed by atoms with Crippen LogP contribution in [0.1, 0.15) is 25.7 Å². The molecule has 108 valence electrons. The van der Waals surface area contributed by atoms with Gasteiger partial charge in [0.25, 0.3) is 0 Å². The van der Waals surface area contributed by atoms with Crippen molar-refractivity contribution in [1.29, 1.82) is 0 Å². The molecule has 3 rings (SSSR count). The van der Waals surface area contributed by atoms with Gasteiger partial charge in [0.15, 0.2) is 5.65 Å². The first-order valence-corrected chi connectivity index (χ1v) is 7.02. The smallest absolute Gasteiger partial charge is 0.348 e. The van der Waals surface area contributed by atoms with Crippen molar-refractivity contribution >= 4 is 11.5 Å². The molecule has 2 N–H and O–H groups in total. The van der Waals surface area contributed by atoms with Crippen molar-refractivity contribution in [1.82, 2.24) is 24.9 Å². The van der Waals surface area contributed by atoms with Crippen LogP contribution in [0.5, 0.6) is 0 Å². The Morgan fingerprint density at radius 1 is 1.40 bits per heavy atom. The second-order valence-electron chi connectivity index (χ2n) is 5.41. The Kier molecular flexibility index (Phi) is 3.43. The third-order valence-corrected chi connectivity index (χ3v) is 4.31. The van der Waals surface area contributed by atoms with Crippen LogP contribution in [-0.4, -0.2) is 45.8 Å². The third kappa shape index (κ3) is 2.29. The van der Waals surface area contributed by atoms with Gasteiger partial charge in [-0.05, 0) is 32.7 Å². The zero-order valence-corrected chi connectivity index (χ0v) is 11.8. The van der Waals surface area contributed by atoms with E-state index in [0.29, 0.717) is 17.7 Å². The van der Waals surface area contributed by atoms with E-state index in [1.54, 1.807) is 0 Å². The maximum absolute atomic E-state index is 11.4. The van der Waals surface area contributed by atoms with Crippen molar-refractivity contribution in [2.45, 2.75) is 37.8 Å². The molecule has 0 atom stereocenters. The normalized spacial score (nSPS) is 23.1. The highest BCUT2D eigenvalue weighted by Gasteiger charge is 2.24. The number of hydrogen-bond acceptors (Lipinski definition) is 5. The highest BCUT2D eigenvalue weighted by atomic mass is 16.1. The van der Waals surface area contributed by atoms with Crippen LogP contribution in [0.4, 0.5) is 5.82 Å². The molecule has 7 heteroatoms. The first-order valence-electron chi connectivity index (χ1n) is 7.02. The van der Waals surface area contributed by atoms with E-state index in [1.165, 1.54) is 23.6 Å². The number of nitrogens with one attached hydrogen (secondary N) is 2. The maximum atomic E-state index is 11.4. The molecular formula is C13H20N6O. The van der Waals surface area contributed by atoms with Crippen LogP contribution in [-0.2, 0) is 0 Å². The summed E-state index contributed by atoms with van der Waals surface area (Å²) in [6.45, 7) is 0. The number of nitrogens with zero attached hydrogens (tertiary/aromatic N) is 4. The fourth-order valence-electron chi connectivity index (χ4n) is 2.93. The Labute approximate surface area is 117 Å². The Morgan fingerprint density at radius 3 is 2.85 bits per heavy atom. The van der Waals surface area contributed by atoms with E-state index in [-0.39, 0.29) is 5.69 Å². The summed E-state index contributed by atoms with van der Waals surface area (Å²) in [6, 6.07) is 2.99. The minimum Gasteiger partial charge on any atom is -0.357 e. The van der Waals surface area contributed by atoms with Gasteiger partial charge in [0.05, 0.1) is 0 Å². The summed E-state index contributed by atoms with van der Waals surface area (Å²) in [6.07, 6.45) is 6.22. The van der Waals surface area contributed by atoms with E-state index in [1.807, 2.05) is 13.1 Å². The van der Waals surface area contributed by atoms with Crippen molar-refractivity contribution in [3.05, 3.63) is 22.9 Å². The number of aromatic amines is 1. The predicted octanol–water partition coefficient (Wildman–Crippen LogP) is 0.384. The van der Waals surface area contributed by atoms with E-state index >= 15 is 0 Å². The SMILES string of the molecule is CNC1CCC(N(C)c2cc3n[nH]c(=O)n3cn2)CC1. The lowest BCUT2D eigenvalue weighted by Crippen LogP contribution is -2.40. The topological polar surface area (TPSA) is 78.3 Å². The zero-order valence-electron chi connectivity index (χ0n) is 11.8. The van der Waals surface area contributed by atoms with Gasteiger partial charge in [-0.15, -0.1) is 0 Å². The quantitative estimate of drug-likeness (QED) is 0.847. The van der Waals surface area contributed by atoms with E-state index in [0.717, 1.165) is 18.7 Å². The molecule has 0 radical (unpaired) electrons. The molecular weight excluding hydrogens is 256 g/mol. The fourth-order valence-corrected chi connectivity index (χ4v) is 2.93. The van der Waals surface area contributed by atoms with E-state index in [2.05, 4.69) is 32.4 Å². The van der Waals surface area contributed by atoms with Crippen LogP contribution in [0.25, 0.3) is 5.65 Å². The van der Waals surface area contributed by atoms with Gasteiger partial charge in [-0.25, -0.2) is 19.3 Å². The molecule has 2 aromatic rings. The monoisotopic (exact) mass is 276 g/mol. The number of anilines is 1. The first-order chi connectivity index (χ1) is 9.69. The Balaban J connectivity index is 1.78. The van der Waals surface area contributed by atoms with Crippen LogP contribution in [0, 0.1) is 0 Å². The van der Waals surface area contributed by atoms with Crippen molar-refractivity contribution in [2.75, 3.05) is 19.0 Å². The van der Waals surface area contributed by atoms with E-state index in [9.17, 15) is 4.79 Å². The lowest BCUT2D eigenvalue weighted by Gasteiger charge is -2.35. The summed E-state index contributed by atoms with van der Waals surface area (Å²) >= 11 is 0. The summed E-state index contributed by atoms with van der Waals surface area (Å²) in [5, 5.41) is 9.75. The zero-order chi connectivity index (χ0) is 14.1. The van der Waals surface area contributed by atoms with Gasteiger partial charge < -0.3 is 10.2 Å². The van der Waals surface area contributed by atoms with Gasteiger partial charge >= 0.3 is 5.69 Å². The summed E-state index contributed by atoms with van der Waals surface area (Å²) < 4.78 is 1.41. The molecule has 0 bridgehead atoms. The Hall–Kier alpha value is -1.89. The van der Waals surface area contributed by atoms with E-state index in [4.69, 9.17) is 0 Å². The molecule has 0 aliphatic heterocycles. The average Bonchev–Trinajstić information content (AvgIpc) is 2.87. The van der Waals surface area contributed by atoms with Crippen molar-refractivity contribution < 1.29 is 0 Å². The van der Waals surface area contributed by atoms with Crippen LogP contribution < -0.4 is 15.9 Å². The van der Waals surface area contributed by atoms with Gasteiger partial charge in [0, 0.05) is 25.2 Å². The maximum Gasteiger partial charge on any atom is 0.348 e. The average molecular weight is 276 g/mol.